The summed E-state index contributed by atoms with van der Waals surface area (Å²) < 4.78 is 1.98. The van der Waals surface area contributed by atoms with Gasteiger partial charge in [0.25, 0.3) is 5.91 Å². The normalized spacial score (nSPS) is 16.9. The van der Waals surface area contributed by atoms with Gasteiger partial charge in [0.15, 0.2) is 5.65 Å². The Bertz CT molecular complexity index is 1140. The molecule has 30 heavy (non-hydrogen) atoms. The highest BCUT2D eigenvalue weighted by Gasteiger charge is 2.27. The van der Waals surface area contributed by atoms with Gasteiger partial charge in [0, 0.05) is 30.1 Å². The van der Waals surface area contributed by atoms with Crippen LogP contribution in [-0.4, -0.2) is 38.5 Å². The van der Waals surface area contributed by atoms with Gasteiger partial charge in [0.2, 0.25) is 0 Å². The average Bonchev–Trinajstić information content (AvgIpc) is 3.53. The number of carbonyl (C=O) groups is 1. The molecular formula is C23H23N5OS. The number of pyridine rings is 1. The van der Waals surface area contributed by atoms with Crippen molar-refractivity contribution >= 4 is 22.9 Å². The highest BCUT2D eigenvalue weighted by molar-refractivity contribution is 7.09. The lowest BCUT2D eigenvalue weighted by atomic mass is 10.1. The van der Waals surface area contributed by atoms with Gasteiger partial charge in [-0.3, -0.25) is 14.1 Å². The molecule has 1 saturated heterocycles. The Kier molecular flexibility index (Phi) is 5.29. The SMILES string of the molecule is O=C(NCc1cccs1)c1ccc2nnc(C3CCN(Cc4ccccc4)C3)n2c1. The highest BCUT2D eigenvalue weighted by atomic mass is 32.1. The van der Waals surface area contributed by atoms with Crippen LogP contribution in [0.1, 0.15) is 39.0 Å². The van der Waals surface area contributed by atoms with Gasteiger partial charge in [0.1, 0.15) is 5.82 Å². The molecule has 0 spiro atoms. The van der Waals surface area contributed by atoms with Crippen LogP contribution in [0.5, 0.6) is 0 Å². The molecule has 4 heterocycles. The number of thiophene rings is 1. The van der Waals surface area contributed by atoms with Gasteiger partial charge in [-0.05, 0) is 42.1 Å². The molecule has 152 valence electrons. The van der Waals surface area contributed by atoms with Crippen molar-refractivity contribution in [2.45, 2.75) is 25.4 Å². The largest absolute Gasteiger partial charge is 0.347 e. The average molecular weight is 418 g/mol. The van der Waals surface area contributed by atoms with Gasteiger partial charge < -0.3 is 5.32 Å². The Morgan fingerprint density at radius 2 is 2.00 bits per heavy atom. The first kappa shape index (κ1) is 19.0. The Morgan fingerprint density at radius 1 is 1.10 bits per heavy atom. The molecule has 4 aromatic rings. The number of rotatable bonds is 6. The number of aromatic nitrogens is 3. The minimum atomic E-state index is -0.0814. The van der Waals surface area contributed by atoms with Crippen LogP contribution in [0.25, 0.3) is 5.65 Å². The maximum Gasteiger partial charge on any atom is 0.253 e. The lowest BCUT2D eigenvalue weighted by Gasteiger charge is -2.15. The first-order chi connectivity index (χ1) is 14.8. The van der Waals surface area contributed by atoms with Crippen molar-refractivity contribution in [2.75, 3.05) is 13.1 Å². The number of carbonyl (C=O) groups excluding carboxylic acids is 1. The van der Waals surface area contributed by atoms with E-state index in [1.54, 1.807) is 11.3 Å². The highest BCUT2D eigenvalue weighted by Crippen LogP contribution is 2.27. The van der Waals surface area contributed by atoms with Gasteiger partial charge in [-0.15, -0.1) is 21.5 Å². The van der Waals surface area contributed by atoms with Gasteiger partial charge in [-0.25, -0.2) is 0 Å². The van der Waals surface area contributed by atoms with E-state index in [-0.39, 0.29) is 5.91 Å². The number of benzene rings is 1. The Balaban J connectivity index is 1.30. The maximum atomic E-state index is 12.6. The van der Waals surface area contributed by atoms with Crippen LogP contribution in [0.4, 0.5) is 0 Å². The zero-order chi connectivity index (χ0) is 20.3. The number of fused-ring (bicyclic) bond motifs is 1. The van der Waals surface area contributed by atoms with Crippen LogP contribution in [0.2, 0.25) is 0 Å². The van der Waals surface area contributed by atoms with Crippen LogP contribution >= 0.6 is 11.3 Å². The van der Waals surface area contributed by atoms with Crippen LogP contribution in [0.15, 0.2) is 66.2 Å². The number of likely N-dealkylation sites (tertiary alicyclic amines) is 1. The van der Waals surface area contributed by atoms with E-state index in [0.717, 1.165) is 42.4 Å². The molecule has 1 fully saturated rings. The predicted octanol–water partition coefficient (Wildman–Crippen LogP) is 3.71. The summed E-state index contributed by atoms with van der Waals surface area (Å²) in [4.78, 5) is 16.2. The number of amides is 1. The van der Waals surface area contributed by atoms with Crippen molar-refractivity contribution in [2.24, 2.45) is 0 Å². The van der Waals surface area contributed by atoms with Crippen LogP contribution in [-0.2, 0) is 13.1 Å². The van der Waals surface area contributed by atoms with Gasteiger partial charge in [-0.2, -0.15) is 0 Å². The molecule has 1 aliphatic heterocycles. The molecule has 1 unspecified atom stereocenters. The summed E-state index contributed by atoms with van der Waals surface area (Å²) in [7, 11) is 0. The maximum absolute atomic E-state index is 12.6. The van der Waals surface area contributed by atoms with Crippen molar-refractivity contribution in [3.8, 4) is 0 Å². The summed E-state index contributed by atoms with van der Waals surface area (Å²) in [5, 5.41) is 13.8. The standard InChI is InChI=1S/C23H23N5OS/c29-23(24-13-20-7-4-12-30-20)19-8-9-21-25-26-22(28(21)16-19)18-10-11-27(15-18)14-17-5-2-1-3-6-17/h1-9,12,16,18H,10-11,13-15H2,(H,24,29). The van der Waals surface area contributed by atoms with E-state index in [1.165, 1.54) is 5.56 Å². The van der Waals surface area contributed by atoms with E-state index >= 15 is 0 Å². The molecule has 0 aliphatic carbocycles. The van der Waals surface area contributed by atoms with E-state index in [2.05, 4.69) is 44.7 Å². The third-order valence-electron chi connectivity index (χ3n) is 5.58. The second kappa shape index (κ2) is 8.38. The molecule has 1 amide bonds. The predicted molar refractivity (Wildman–Crippen MR) is 118 cm³/mol. The summed E-state index contributed by atoms with van der Waals surface area (Å²) in [5.41, 5.74) is 2.73. The van der Waals surface area contributed by atoms with E-state index < -0.39 is 0 Å². The van der Waals surface area contributed by atoms with Gasteiger partial charge in [-0.1, -0.05) is 36.4 Å². The number of hydrogen-bond acceptors (Lipinski definition) is 5. The Hall–Kier alpha value is -3.03. The minimum Gasteiger partial charge on any atom is -0.347 e. The van der Waals surface area contributed by atoms with Gasteiger partial charge in [0.05, 0.1) is 12.1 Å². The number of nitrogens with one attached hydrogen (secondary N) is 1. The Labute approximate surface area is 179 Å². The molecule has 1 N–H and O–H groups in total. The van der Waals surface area contributed by atoms with Crippen LogP contribution in [0.3, 0.4) is 0 Å². The lowest BCUT2D eigenvalue weighted by molar-refractivity contribution is 0.0951. The van der Waals surface area contributed by atoms with Crippen molar-refractivity contribution in [1.29, 1.82) is 0 Å². The smallest absolute Gasteiger partial charge is 0.253 e. The van der Waals surface area contributed by atoms with Gasteiger partial charge >= 0.3 is 0 Å². The summed E-state index contributed by atoms with van der Waals surface area (Å²) in [6.07, 6.45) is 2.91. The number of hydrogen-bond donors (Lipinski definition) is 1. The van der Waals surface area contributed by atoms with Crippen LogP contribution in [0, 0.1) is 0 Å². The quantitative estimate of drug-likeness (QED) is 0.520. The van der Waals surface area contributed by atoms with E-state index in [1.807, 2.05) is 46.3 Å². The molecule has 3 aromatic heterocycles. The third-order valence-corrected chi connectivity index (χ3v) is 6.46. The van der Waals surface area contributed by atoms with Crippen molar-refractivity contribution in [3.05, 3.63) is 88.0 Å². The molecule has 1 aliphatic rings. The Morgan fingerprint density at radius 3 is 2.83 bits per heavy atom. The van der Waals surface area contributed by atoms with E-state index in [0.29, 0.717) is 18.0 Å². The molecule has 1 atom stereocenters. The number of nitrogens with zero attached hydrogens (tertiary/aromatic N) is 4. The molecular weight excluding hydrogens is 394 g/mol. The molecule has 0 radical (unpaired) electrons. The topological polar surface area (TPSA) is 62.5 Å². The zero-order valence-corrected chi connectivity index (χ0v) is 17.4. The first-order valence-electron chi connectivity index (χ1n) is 10.2. The molecule has 5 rings (SSSR count). The fraction of sp³-hybridized carbons (Fsp3) is 0.261. The summed E-state index contributed by atoms with van der Waals surface area (Å²) in [6, 6.07) is 18.2. The fourth-order valence-electron chi connectivity index (χ4n) is 4.03. The molecule has 0 bridgehead atoms. The van der Waals surface area contributed by atoms with Crippen LogP contribution < -0.4 is 5.32 Å². The summed E-state index contributed by atoms with van der Waals surface area (Å²) >= 11 is 1.64. The van der Waals surface area contributed by atoms with Crippen molar-refractivity contribution in [1.82, 2.24) is 24.8 Å². The summed E-state index contributed by atoms with van der Waals surface area (Å²) in [5.74, 6) is 1.17. The fourth-order valence-corrected chi connectivity index (χ4v) is 4.68. The lowest BCUT2D eigenvalue weighted by Crippen LogP contribution is -2.23. The van der Waals surface area contributed by atoms with Crippen molar-refractivity contribution < 1.29 is 4.79 Å². The third kappa shape index (κ3) is 3.99. The van der Waals surface area contributed by atoms with E-state index in [9.17, 15) is 4.79 Å². The first-order valence-corrected chi connectivity index (χ1v) is 11.1. The monoisotopic (exact) mass is 417 g/mol. The molecule has 7 heteroatoms. The zero-order valence-electron chi connectivity index (χ0n) is 16.6. The van der Waals surface area contributed by atoms with E-state index in [4.69, 9.17) is 0 Å². The minimum absolute atomic E-state index is 0.0814. The second-order valence-electron chi connectivity index (χ2n) is 7.67. The second-order valence-corrected chi connectivity index (χ2v) is 8.70. The molecule has 6 nitrogen and oxygen atoms in total. The summed E-state index contributed by atoms with van der Waals surface area (Å²) in [6.45, 7) is 3.48. The van der Waals surface area contributed by atoms with Crippen molar-refractivity contribution in [3.63, 3.8) is 0 Å². The molecule has 0 saturated carbocycles. The molecule has 1 aromatic carbocycles.